The van der Waals surface area contributed by atoms with Crippen molar-refractivity contribution in [1.29, 1.82) is 0 Å². The Morgan fingerprint density at radius 2 is 1.91 bits per heavy atom. The van der Waals surface area contributed by atoms with Crippen LogP contribution in [0.2, 0.25) is 0 Å². The molecule has 0 amide bonds. The average molecular weight is 323 g/mol. The molecule has 1 saturated carbocycles. The van der Waals surface area contributed by atoms with E-state index in [1.165, 1.54) is 0 Å². The summed E-state index contributed by atoms with van der Waals surface area (Å²) in [7, 11) is 0. The molecule has 3 atom stereocenters. The minimum atomic E-state index is -4.07. The van der Waals surface area contributed by atoms with Gasteiger partial charge in [-0.25, -0.2) is 0 Å². The van der Waals surface area contributed by atoms with E-state index in [9.17, 15) is 13.2 Å². The van der Waals surface area contributed by atoms with Gasteiger partial charge in [0.2, 0.25) is 0 Å². The number of halogens is 3. The Morgan fingerprint density at radius 3 is 2.64 bits per heavy atom. The predicted octanol–water partition coefficient (Wildman–Crippen LogP) is 2.62. The van der Waals surface area contributed by atoms with Crippen LogP contribution in [0.1, 0.15) is 38.5 Å². The van der Waals surface area contributed by atoms with E-state index in [0.717, 1.165) is 19.3 Å². The second kappa shape index (κ2) is 6.63. The monoisotopic (exact) mass is 323 g/mol. The zero-order chi connectivity index (χ0) is 15.6. The quantitative estimate of drug-likeness (QED) is 0.867. The van der Waals surface area contributed by atoms with E-state index < -0.39 is 17.9 Å². The lowest BCUT2D eigenvalue weighted by Gasteiger charge is -2.33. The Hall–Kier alpha value is -0.370. The molecule has 3 aliphatic rings. The van der Waals surface area contributed by atoms with Gasteiger partial charge < -0.3 is 19.5 Å². The predicted molar refractivity (Wildman–Crippen MR) is 73.4 cm³/mol. The zero-order valence-electron chi connectivity index (χ0n) is 12.7. The molecule has 1 N–H and O–H groups in total. The normalized spacial score (nSPS) is 35.9. The van der Waals surface area contributed by atoms with E-state index in [0.29, 0.717) is 32.8 Å². The van der Waals surface area contributed by atoms with Crippen molar-refractivity contribution < 1.29 is 27.4 Å². The minimum absolute atomic E-state index is 0.0739. The first kappa shape index (κ1) is 16.5. The standard InChI is InChI=1S/C15H24F3NO3/c16-15(17,18)11-2-1-3-12(8-11)19-9-13-10-21-14(22-13)4-6-20-7-5-14/h11-13,19H,1-10H2/t11-,12+,13-/m1/s1. The molecule has 0 aromatic carbocycles. The highest BCUT2D eigenvalue weighted by atomic mass is 19.4. The lowest BCUT2D eigenvalue weighted by Crippen LogP contribution is -2.43. The van der Waals surface area contributed by atoms with Crippen LogP contribution in [0.3, 0.4) is 0 Å². The van der Waals surface area contributed by atoms with E-state index in [1.807, 2.05) is 0 Å². The van der Waals surface area contributed by atoms with Gasteiger partial charge in [0.05, 0.1) is 31.8 Å². The third-order valence-corrected chi connectivity index (χ3v) is 4.94. The maximum atomic E-state index is 12.8. The molecule has 0 radical (unpaired) electrons. The van der Waals surface area contributed by atoms with E-state index >= 15 is 0 Å². The number of nitrogens with one attached hydrogen (secondary N) is 1. The molecular formula is C15H24F3NO3. The van der Waals surface area contributed by atoms with Gasteiger partial charge in [0.25, 0.3) is 0 Å². The van der Waals surface area contributed by atoms with Crippen molar-refractivity contribution in [2.24, 2.45) is 5.92 Å². The first-order valence-electron chi connectivity index (χ1n) is 8.16. The second-order valence-electron chi connectivity index (χ2n) is 6.58. The molecule has 2 saturated heterocycles. The summed E-state index contributed by atoms with van der Waals surface area (Å²) in [4.78, 5) is 0. The summed E-state index contributed by atoms with van der Waals surface area (Å²) in [5, 5.41) is 3.25. The van der Waals surface area contributed by atoms with Crippen LogP contribution >= 0.6 is 0 Å². The third kappa shape index (κ3) is 3.93. The molecule has 2 aliphatic heterocycles. The van der Waals surface area contributed by atoms with Crippen LogP contribution in [-0.2, 0) is 14.2 Å². The molecule has 0 aromatic rings. The van der Waals surface area contributed by atoms with E-state index in [1.54, 1.807) is 0 Å². The Kier molecular flexibility index (Phi) is 4.97. The number of hydrogen-bond donors (Lipinski definition) is 1. The van der Waals surface area contributed by atoms with Crippen LogP contribution in [-0.4, -0.2) is 50.5 Å². The van der Waals surface area contributed by atoms with Crippen LogP contribution in [0.4, 0.5) is 13.2 Å². The zero-order valence-corrected chi connectivity index (χ0v) is 12.7. The summed E-state index contributed by atoms with van der Waals surface area (Å²) in [6.07, 6.45) is -0.829. The first-order valence-corrected chi connectivity index (χ1v) is 8.16. The summed E-state index contributed by atoms with van der Waals surface area (Å²) >= 11 is 0. The molecule has 0 bridgehead atoms. The number of ether oxygens (including phenoxy) is 3. The molecule has 128 valence electrons. The van der Waals surface area contributed by atoms with Gasteiger partial charge in [-0.05, 0) is 19.3 Å². The van der Waals surface area contributed by atoms with Gasteiger partial charge in [0.15, 0.2) is 5.79 Å². The minimum Gasteiger partial charge on any atom is -0.381 e. The highest BCUT2D eigenvalue weighted by Crippen LogP contribution is 2.38. The molecule has 3 fully saturated rings. The summed E-state index contributed by atoms with van der Waals surface area (Å²) in [6.45, 7) is 2.33. The van der Waals surface area contributed by atoms with Crippen molar-refractivity contribution in [2.75, 3.05) is 26.4 Å². The molecule has 0 aromatic heterocycles. The largest absolute Gasteiger partial charge is 0.391 e. The fourth-order valence-corrected chi connectivity index (χ4v) is 3.63. The summed E-state index contributed by atoms with van der Waals surface area (Å²) < 4.78 is 55.5. The second-order valence-corrected chi connectivity index (χ2v) is 6.58. The van der Waals surface area contributed by atoms with Crippen LogP contribution in [0, 0.1) is 5.92 Å². The molecule has 1 aliphatic carbocycles. The van der Waals surface area contributed by atoms with Crippen LogP contribution in [0.15, 0.2) is 0 Å². The van der Waals surface area contributed by atoms with Gasteiger partial charge in [0.1, 0.15) is 0 Å². The van der Waals surface area contributed by atoms with E-state index in [2.05, 4.69) is 5.32 Å². The van der Waals surface area contributed by atoms with Crippen LogP contribution < -0.4 is 5.32 Å². The van der Waals surface area contributed by atoms with Gasteiger partial charge in [-0.3, -0.25) is 0 Å². The average Bonchev–Trinajstić information content (AvgIpc) is 2.88. The molecule has 3 rings (SSSR count). The van der Waals surface area contributed by atoms with E-state index in [4.69, 9.17) is 14.2 Å². The van der Waals surface area contributed by atoms with Crippen molar-refractivity contribution in [3.05, 3.63) is 0 Å². The third-order valence-electron chi connectivity index (χ3n) is 4.94. The number of hydrogen-bond acceptors (Lipinski definition) is 4. The molecule has 2 heterocycles. The van der Waals surface area contributed by atoms with Crippen molar-refractivity contribution >= 4 is 0 Å². The van der Waals surface area contributed by atoms with Gasteiger partial charge in [-0.1, -0.05) is 6.42 Å². The maximum Gasteiger partial charge on any atom is 0.391 e. The molecule has 7 heteroatoms. The van der Waals surface area contributed by atoms with Gasteiger partial charge in [-0.15, -0.1) is 0 Å². The maximum absolute atomic E-state index is 12.8. The summed E-state index contributed by atoms with van der Waals surface area (Å²) in [6, 6.07) is -0.0739. The van der Waals surface area contributed by atoms with Crippen molar-refractivity contribution in [3.8, 4) is 0 Å². The Morgan fingerprint density at radius 1 is 1.14 bits per heavy atom. The topological polar surface area (TPSA) is 39.7 Å². The molecule has 1 spiro atoms. The molecule has 0 unspecified atom stereocenters. The first-order chi connectivity index (χ1) is 10.5. The summed E-state index contributed by atoms with van der Waals surface area (Å²) in [5.41, 5.74) is 0. The smallest absolute Gasteiger partial charge is 0.381 e. The highest BCUT2D eigenvalue weighted by Gasteiger charge is 2.44. The Balaban J connectivity index is 1.43. The fourth-order valence-electron chi connectivity index (χ4n) is 3.63. The fraction of sp³-hybridized carbons (Fsp3) is 1.00. The van der Waals surface area contributed by atoms with Crippen molar-refractivity contribution in [2.45, 2.75) is 62.6 Å². The van der Waals surface area contributed by atoms with Crippen LogP contribution in [0.5, 0.6) is 0 Å². The Labute approximate surface area is 128 Å². The molecule has 4 nitrogen and oxygen atoms in total. The molecule has 22 heavy (non-hydrogen) atoms. The van der Waals surface area contributed by atoms with E-state index in [-0.39, 0.29) is 25.0 Å². The van der Waals surface area contributed by atoms with Gasteiger partial charge in [0, 0.05) is 25.4 Å². The molecular weight excluding hydrogens is 299 g/mol. The number of alkyl halides is 3. The number of rotatable bonds is 3. The highest BCUT2D eigenvalue weighted by molar-refractivity contribution is 4.85. The van der Waals surface area contributed by atoms with Crippen molar-refractivity contribution in [3.63, 3.8) is 0 Å². The van der Waals surface area contributed by atoms with Gasteiger partial charge in [-0.2, -0.15) is 13.2 Å². The van der Waals surface area contributed by atoms with Gasteiger partial charge >= 0.3 is 6.18 Å². The van der Waals surface area contributed by atoms with Crippen LogP contribution in [0.25, 0.3) is 0 Å². The Bertz CT molecular complexity index is 372. The van der Waals surface area contributed by atoms with Crippen molar-refractivity contribution in [1.82, 2.24) is 5.32 Å². The lowest BCUT2D eigenvalue weighted by molar-refractivity contribution is -0.210. The SMILES string of the molecule is FC(F)(F)[C@@H]1CCC[C@H](NC[C@@H]2COC3(CCOCC3)O2)C1. The lowest BCUT2D eigenvalue weighted by atomic mass is 9.85. The summed E-state index contributed by atoms with van der Waals surface area (Å²) in [5.74, 6) is -1.69.